The smallest absolute Gasteiger partial charge is 0.230 e. The molecule has 2 aromatic rings. The molecular weight excluding hydrogens is 303 g/mol. The van der Waals surface area contributed by atoms with Gasteiger partial charge in [0.1, 0.15) is 11.6 Å². The Morgan fingerprint density at radius 2 is 2.05 bits per heavy atom. The molecular formula is C15H19FN4OS. The predicted octanol–water partition coefficient (Wildman–Crippen LogP) is 2.72. The summed E-state index contributed by atoms with van der Waals surface area (Å²) in [7, 11) is 0. The Morgan fingerprint density at radius 3 is 2.73 bits per heavy atom. The van der Waals surface area contributed by atoms with E-state index in [2.05, 4.69) is 22.4 Å². The van der Waals surface area contributed by atoms with Gasteiger partial charge < -0.3 is 5.32 Å². The molecule has 118 valence electrons. The molecule has 1 amide bonds. The fraction of sp³-hybridized carbons (Fsp3) is 0.400. The summed E-state index contributed by atoms with van der Waals surface area (Å²) >= 11 is 1.32. The molecule has 0 unspecified atom stereocenters. The van der Waals surface area contributed by atoms with Gasteiger partial charge in [-0.25, -0.2) is 4.39 Å². The van der Waals surface area contributed by atoms with Gasteiger partial charge in [-0.05, 0) is 37.6 Å². The third-order valence-corrected chi connectivity index (χ3v) is 3.99. The summed E-state index contributed by atoms with van der Waals surface area (Å²) in [4.78, 5) is 11.8. The van der Waals surface area contributed by atoms with Crippen LogP contribution in [0.1, 0.15) is 25.6 Å². The zero-order valence-electron chi connectivity index (χ0n) is 12.7. The van der Waals surface area contributed by atoms with Crippen LogP contribution in [0.4, 0.5) is 4.39 Å². The van der Waals surface area contributed by atoms with Gasteiger partial charge in [-0.2, -0.15) is 0 Å². The molecule has 0 aliphatic heterocycles. The van der Waals surface area contributed by atoms with Gasteiger partial charge >= 0.3 is 0 Å². The van der Waals surface area contributed by atoms with Crippen molar-refractivity contribution in [2.24, 2.45) is 0 Å². The molecule has 2 rings (SSSR count). The highest BCUT2D eigenvalue weighted by Crippen LogP contribution is 2.21. The van der Waals surface area contributed by atoms with Crippen molar-refractivity contribution in [3.05, 3.63) is 35.9 Å². The summed E-state index contributed by atoms with van der Waals surface area (Å²) in [6, 6.07) is 6.11. The molecule has 0 radical (unpaired) electrons. The Hall–Kier alpha value is -1.89. The number of nitrogens with zero attached hydrogens (tertiary/aromatic N) is 3. The summed E-state index contributed by atoms with van der Waals surface area (Å²) in [5, 5.41) is 11.6. The van der Waals surface area contributed by atoms with E-state index in [4.69, 9.17) is 0 Å². The van der Waals surface area contributed by atoms with Crippen molar-refractivity contribution in [1.82, 2.24) is 20.1 Å². The maximum absolute atomic E-state index is 13.0. The Bertz CT molecular complexity index is 627. The number of carbonyl (C=O) groups is 1. The van der Waals surface area contributed by atoms with Crippen molar-refractivity contribution >= 4 is 17.7 Å². The molecule has 22 heavy (non-hydrogen) atoms. The molecule has 0 fully saturated rings. The van der Waals surface area contributed by atoms with E-state index in [9.17, 15) is 9.18 Å². The number of amides is 1. The molecule has 0 aliphatic rings. The minimum Gasteiger partial charge on any atom is -0.355 e. The molecule has 0 spiro atoms. The standard InChI is InChI=1S/C15H19FN4OS/c1-3-4-9-17-14(21)10-22-15-19-18-11(2)20(15)13-7-5-12(16)6-8-13/h5-8H,3-4,9-10H2,1-2H3,(H,17,21). The molecule has 0 saturated heterocycles. The van der Waals surface area contributed by atoms with Crippen molar-refractivity contribution in [2.75, 3.05) is 12.3 Å². The first-order valence-corrected chi connectivity index (χ1v) is 8.18. The number of carbonyl (C=O) groups excluding carboxylic acids is 1. The third kappa shape index (κ3) is 4.30. The predicted molar refractivity (Wildman–Crippen MR) is 84.7 cm³/mol. The van der Waals surface area contributed by atoms with Crippen molar-refractivity contribution < 1.29 is 9.18 Å². The first-order chi connectivity index (χ1) is 10.6. The summed E-state index contributed by atoms with van der Waals surface area (Å²) in [5.74, 6) is 0.660. The number of hydrogen-bond acceptors (Lipinski definition) is 4. The first-order valence-electron chi connectivity index (χ1n) is 7.19. The van der Waals surface area contributed by atoms with E-state index >= 15 is 0 Å². The number of aromatic nitrogens is 3. The van der Waals surface area contributed by atoms with E-state index in [1.54, 1.807) is 12.1 Å². The summed E-state index contributed by atoms with van der Waals surface area (Å²) in [5.41, 5.74) is 0.776. The highest BCUT2D eigenvalue weighted by atomic mass is 32.2. The van der Waals surface area contributed by atoms with Crippen LogP contribution in [0.25, 0.3) is 5.69 Å². The third-order valence-electron chi connectivity index (χ3n) is 3.06. The fourth-order valence-electron chi connectivity index (χ4n) is 1.91. The quantitative estimate of drug-likeness (QED) is 0.629. The Kier molecular flexibility index (Phi) is 5.94. The van der Waals surface area contributed by atoms with Gasteiger partial charge in [0.2, 0.25) is 5.91 Å². The van der Waals surface area contributed by atoms with Crippen LogP contribution >= 0.6 is 11.8 Å². The maximum atomic E-state index is 13.0. The van der Waals surface area contributed by atoms with E-state index in [-0.39, 0.29) is 17.5 Å². The van der Waals surface area contributed by atoms with Gasteiger partial charge in [0.15, 0.2) is 5.16 Å². The van der Waals surface area contributed by atoms with Crippen LogP contribution in [0.2, 0.25) is 0 Å². The van der Waals surface area contributed by atoms with Crippen molar-refractivity contribution in [2.45, 2.75) is 31.8 Å². The SMILES string of the molecule is CCCCNC(=O)CSc1nnc(C)n1-c1ccc(F)cc1. The summed E-state index contributed by atoms with van der Waals surface area (Å²) in [6.07, 6.45) is 2.02. The first kappa shape index (κ1) is 16.5. The maximum Gasteiger partial charge on any atom is 0.230 e. The second kappa shape index (κ2) is 7.93. The lowest BCUT2D eigenvalue weighted by Crippen LogP contribution is -2.26. The van der Waals surface area contributed by atoms with Gasteiger partial charge in [0, 0.05) is 12.2 Å². The van der Waals surface area contributed by atoms with Crippen LogP contribution in [0.5, 0.6) is 0 Å². The Morgan fingerprint density at radius 1 is 1.32 bits per heavy atom. The van der Waals surface area contributed by atoms with Crippen molar-refractivity contribution in [3.63, 3.8) is 0 Å². The van der Waals surface area contributed by atoms with E-state index < -0.39 is 0 Å². The zero-order valence-corrected chi connectivity index (χ0v) is 13.5. The van der Waals surface area contributed by atoms with Crippen molar-refractivity contribution in [3.8, 4) is 5.69 Å². The molecule has 1 heterocycles. The summed E-state index contributed by atoms with van der Waals surface area (Å²) in [6.45, 7) is 4.59. The topological polar surface area (TPSA) is 59.8 Å². The number of halogens is 1. The lowest BCUT2D eigenvalue weighted by Gasteiger charge is -2.08. The average molecular weight is 322 g/mol. The van der Waals surface area contributed by atoms with E-state index in [0.29, 0.717) is 17.5 Å². The van der Waals surface area contributed by atoms with Gasteiger partial charge in [-0.1, -0.05) is 25.1 Å². The number of benzene rings is 1. The van der Waals surface area contributed by atoms with Crippen molar-refractivity contribution in [1.29, 1.82) is 0 Å². The lowest BCUT2D eigenvalue weighted by atomic mass is 10.3. The monoisotopic (exact) mass is 322 g/mol. The minimum absolute atomic E-state index is 0.0234. The fourth-order valence-corrected chi connectivity index (χ4v) is 2.74. The van der Waals surface area contributed by atoms with Crippen LogP contribution in [0.3, 0.4) is 0 Å². The number of thioether (sulfide) groups is 1. The van der Waals surface area contributed by atoms with E-state index in [1.807, 2.05) is 11.5 Å². The highest BCUT2D eigenvalue weighted by Gasteiger charge is 2.13. The zero-order chi connectivity index (χ0) is 15.9. The van der Waals surface area contributed by atoms with Gasteiger partial charge in [-0.3, -0.25) is 9.36 Å². The molecule has 1 aromatic carbocycles. The Balaban J connectivity index is 2.03. The van der Waals surface area contributed by atoms with Crippen LogP contribution < -0.4 is 5.32 Å². The molecule has 0 aliphatic carbocycles. The normalized spacial score (nSPS) is 10.7. The molecule has 1 aromatic heterocycles. The molecule has 1 N–H and O–H groups in total. The highest BCUT2D eigenvalue weighted by molar-refractivity contribution is 7.99. The van der Waals surface area contributed by atoms with Crippen LogP contribution in [-0.2, 0) is 4.79 Å². The van der Waals surface area contributed by atoms with Gasteiger partial charge in [0.25, 0.3) is 0 Å². The second-order valence-corrected chi connectivity index (χ2v) is 5.78. The molecule has 0 saturated carbocycles. The molecule has 7 heteroatoms. The number of rotatable bonds is 7. The second-order valence-electron chi connectivity index (χ2n) is 4.83. The minimum atomic E-state index is -0.293. The molecule has 5 nitrogen and oxygen atoms in total. The number of hydrogen-bond donors (Lipinski definition) is 1. The van der Waals surface area contributed by atoms with Gasteiger partial charge in [-0.15, -0.1) is 10.2 Å². The van der Waals surface area contributed by atoms with Crippen LogP contribution in [0.15, 0.2) is 29.4 Å². The summed E-state index contributed by atoms with van der Waals surface area (Å²) < 4.78 is 14.8. The number of aryl methyl sites for hydroxylation is 1. The van der Waals surface area contributed by atoms with Crippen LogP contribution in [0, 0.1) is 12.7 Å². The Labute approximate surface area is 133 Å². The average Bonchev–Trinajstić information content (AvgIpc) is 2.87. The largest absolute Gasteiger partial charge is 0.355 e. The van der Waals surface area contributed by atoms with Gasteiger partial charge in [0.05, 0.1) is 5.75 Å². The molecule has 0 atom stereocenters. The number of nitrogens with one attached hydrogen (secondary N) is 1. The van der Waals surface area contributed by atoms with E-state index in [1.165, 1.54) is 23.9 Å². The van der Waals surface area contributed by atoms with E-state index in [0.717, 1.165) is 18.5 Å². The molecule has 0 bridgehead atoms. The number of unbranched alkanes of at least 4 members (excludes halogenated alkanes) is 1. The van der Waals surface area contributed by atoms with Crippen LogP contribution in [-0.4, -0.2) is 33.0 Å². The lowest BCUT2D eigenvalue weighted by molar-refractivity contribution is -0.118.